The molecule has 1 aromatic heterocycles. The van der Waals surface area contributed by atoms with E-state index < -0.39 is 6.61 Å². The molecule has 2 rings (SSSR count). The third-order valence-electron chi connectivity index (χ3n) is 2.79. The average Bonchev–Trinajstić information content (AvgIpc) is 2.56. The molecule has 25 heavy (non-hydrogen) atoms. The minimum absolute atomic E-state index is 0.0862. The van der Waals surface area contributed by atoms with Gasteiger partial charge in [-0.05, 0) is 43.7 Å². The fraction of sp³-hybridized carbons (Fsp3) is 0.333. The van der Waals surface area contributed by atoms with Gasteiger partial charge in [-0.2, -0.15) is 28.8 Å². The number of nitrogens with zero attached hydrogens (tertiary/aromatic N) is 4. The summed E-state index contributed by atoms with van der Waals surface area (Å²) in [6.45, 7) is 2.37. The van der Waals surface area contributed by atoms with E-state index in [4.69, 9.17) is 0 Å². The highest BCUT2D eigenvalue weighted by molar-refractivity contribution is 5.80. The minimum atomic E-state index is -2.85. The summed E-state index contributed by atoms with van der Waals surface area (Å²) >= 11 is 0. The number of benzene rings is 1. The van der Waals surface area contributed by atoms with Gasteiger partial charge in [-0.15, -0.1) is 0 Å². The SMILES string of the molecule is CCNc1nc(NCC)nc(N/N=C/c2ccc(OC(F)F)cc2)n1. The number of ether oxygens (including phenoxy) is 1. The van der Waals surface area contributed by atoms with Gasteiger partial charge in [0.1, 0.15) is 5.75 Å². The smallest absolute Gasteiger partial charge is 0.387 e. The van der Waals surface area contributed by atoms with E-state index in [1.165, 1.54) is 18.3 Å². The number of rotatable bonds is 9. The fourth-order valence-corrected chi connectivity index (χ4v) is 1.80. The summed E-state index contributed by atoms with van der Waals surface area (Å²) in [5.74, 6) is 1.22. The van der Waals surface area contributed by atoms with E-state index in [0.29, 0.717) is 30.5 Å². The quantitative estimate of drug-likeness (QED) is 0.472. The highest BCUT2D eigenvalue weighted by atomic mass is 19.3. The monoisotopic (exact) mass is 351 g/mol. The molecule has 0 aliphatic heterocycles. The second kappa shape index (κ2) is 9.30. The molecule has 134 valence electrons. The van der Waals surface area contributed by atoms with Crippen LogP contribution in [0.5, 0.6) is 5.75 Å². The first kappa shape index (κ1) is 18.3. The number of nitrogens with one attached hydrogen (secondary N) is 3. The van der Waals surface area contributed by atoms with Gasteiger partial charge in [-0.1, -0.05) is 0 Å². The maximum absolute atomic E-state index is 12.1. The Kier molecular flexibility index (Phi) is 6.81. The molecule has 0 fully saturated rings. The highest BCUT2D eigenvalue weighted by Gasteiger charge is 2.05. The standard InChI is InChI=1S/C15H19F2N7O/c1-3-18-13-21-14(19-4-2)23-15(22-13)24-20-9-10-5-7-11(8-6-10)25-12(16)17/h5-9,12H,3-4H2,1-2H3,(H3,18,19,21,22,23,24)/b20-9+. The predicted octanol–water partition coefficient (Wildman–Crippen LogP) is 2.78. The number of hydrogen-bond donors (Lipinski definition) is 3. The lowest BCUT2D eigenvalue weighted by Crippen LogP contribution is -2.10. The molecular formula is C15H19F2N7O. The summed E-state index contributed by atoms with van der Waals surface area (Å²) in [5, 5.41) is 10.0. The summed E-state index contributed by atoms with van der Waals surface area (Å²) < 4.78 is 28.5. The summed E-state index contributed by atoms with van der Waals surface area (Å²) in [6, 6.07) is 6.07. The van der Waals surface area contributed by atoms with Crippen LogP contribution in [-0.2, 0) is 0 Å². The molecule has 0 atom stereocenters. The van der Waals surface area contributed by atoms with Crippen LogP contribution in [0, 0.1) is 0 Å². The van der Waals surface area contributed by atoms with Crippen molar-refractivity contribution in [3.63, 3.8) is 0 Å². The van der Waals surface area contributed by atoms with Crippen LogP contribution in [0.25, 0.3) is 0 Å². The lowest BCUT2D eigenvalue weighted by atomic mass is 10.2. The minimum Gasteiger partial charge on any atom is -0.435 e. The van der Waals surface area contributed by atoms with Gasteiger partial charge >= 0.3 is 6.61 Å². The molecule has 3 N–H and O–H groups in total. The number of aromatic nitrogens is 3. The maximum atomic E-state index is 12.1. The van der Waals surface area contributed by atoms with Crippen molar-refractivity contribution in [3.8, 4) is 5.75 Å². The molecule has 0 bridgehead atoms. The van der Waals surface area contributed by atoms with E-state index in [-0.39, 0.29) is 11.7 Å². The first-order valence-electron chi connectivity index (χ1n) is 7.68. The summed E-state index contributed by atoms with van der Waals surface area (Å²) in [5.41, 5.74) is 3.41. The lowest BCUT2D eigenvalue weighted by molar-refractivity contribution is -0.0498. The van der Waals surface area contributed by atoms with Crippen molar-refractivity contribution in [1.82, 2.24) is 15.0 Å². The lowest BCUT2D eigenvalue weighted by Gasteiger charge is -2.07. The van der Waals surface area contributed by atoms with Crippen molar-refractivity contribution in [2.45, 2.75) is 20.5 Å². The molecule has 8 nitrogen and oxygen atoms in total. The van der Waals surface area contributed by atoms with Crippen molar-refractivity contribution in [1.29, 1.82) is 0 Å². The van der Waals surface area contributed by atoms with Crippen LogP contribution in [0.15, 0.2) is 29.4 Å². The zero-order valence-corrected chi connectivity index (χ0v) is 13.8. The molecule has 1 heterocycles. The Morgan fingerprint density at radius 2 is 1.56 bits per heavy atom. The molecule has 0 aliphatic carbocycles. The predicted molar refractivity (Wildman–Crippen MR) is 92.4 cm³/mol. The van der Waals surface area contributed by atoms with E-state index in [1.54, 1.807) is 12.1 Å². The summed E-state index contributed by atoms with van der Waals surface area (Å²) in [4.78, 5) is 12.6. The molecule has 0 aliphatic rings. The van der Waals surface area contributed by atoms with Crippen LogP contribution in [-0.4, -0.2) is 40.9 Å². The van der Waals surface area contributed by atoms with Crippen LogP contribution in [0.3, 0.4) is 0 Å². The van der Waals surface area contributed by atoms with Crippen LogP contribution < -0.4 is 20.8 Å². The second-order valence-electron chi connectivity index (χ2n) is 4.68. The molecule has 0 saturated carbocycles. The first-order valence-corrected chi connectivity index (χ1v) is 7.68. The Morgan fingerprint density at radius 3 is 2.08 bits per heavy atom. The zero-order chi connectivity index (χ0) is 18.1. The van der Waals surface area contributed by atoms with Gasteiger partial charge in [0, 0.05) is 13.1 Å². The van der Waals surface area contributed by atoms with Gasteiger partial charge in [0.15, 0.2) is 0 Å². The van der Waals surface area contributed by atoms with Gasteiger partial charge in [-0.3, -0.25) is 0 Å². The van der Waals surface area contributed by atoms with Crippen LogP contribution >= 0.6 is 0 Å². The van der Waals surface area contributed by atoms with Gasteiger partial charge in [0.2, 0.25) is 17.8 Å². The Bertz CT molecular complexity index is 671. The third kappa shape index (κ3) is 6.16. The number of hydrogen-bond acceptors (Lipinski definition) is 8. The van der Waals surface area contributed by atoms with Crippen molar-refractivity contribution in [2.24, 2.45) is 5.10 Å². The van der Waals surface area contributed by atoms with Gasteiger partial charge in [0.05, 0.1) is 6.21 Å². The molecule has 0 spiro atoms. The molecule has 1 aromatic carbocycles. The summed E-state index contributed by atoms with van der Waals surface area (Å²) in [6.07, 6.45) is 1.51. The molecule has 2 aromatic rings. The van der Waals surface area contributed by atoms with E-state index in [1.807, 2.05) is 13.8 Å². The topological polar surface area (TPSA) is 96.4 Å². The Balaban J connectivity index is 2.02. The largest absolute Gasteiger partial charge is 0.435 e. The molecule has 0 unspecified atom stereocenters. The molecule has 10 heteroatoms. The van der Waals surface area contributed by atoms with E-state index in [9.17, 15) is 8.78 Å². The number of hydrazone groups is 1. The third-order valence-corrected chi connectivity index (χ3v) is 2.79. The van der Waals surface area contributed by atoms with E-state index >= 15 is 0 Å². The van der Waals surface area contributed by atoms with Gasteiger partial charge in [-0.25, -0.2) is 5.43 Å². The van der Waals surface area contributed by atoms with Crippen LogP contribution in [0.4, 0.5) is 26.6 Å². The van der Waals surface area contributed by atoms with E-state index in [0.717, 1.165) is 0 Å². The zero-order valence-electron chi connectivity index (χ0n) is 13.8. The van der Waals surface area contributed by atoms with E-state index in [2.05, 4.69) is 40.8 Å². The van der Waals surface area contributed by atoms with Crippen LogP contribution in [0.1, 0.15) is 19.4 Å². The molecule has 0 amide bonds. The van der Waals surface area contributed by atoms with Crippen LogP contribution in [0.2, 0.25) is 0 Å². The van der Waals surface area contributed by atoms with Crippen molar-refractivity contribution >= 4 is 24.1 Å². The number of anilines is 3. The average molecular weight is 351 g/mol. The first-order chi connectivity index (χ1) is 12.1. The summed E-state index contributed by atoms with van der Waals surface area (Å²) in [7, 11) is 0. The van der Waals surface area contributed by atoms with Gasteiger partial charge < -0.3 is 15.4 Å². The highest BCUT2D eigenvalue weighted by Crippen LogP contribution is 2.14. The normalized spacial score (nSPS) is 10.9. The maximum Gasteiger partial charge on any atom is 0.387 e. The Labute approximate surface area is 143 Å². The molecule has 0 saturated heterocycles. The Hall–Kier alpha value is -3.04. The number of alkyl halides is 2. The second-order valence-corrected chi connectivity index (χ2v) is 4.68. The Morgan fingerprint density at radius 1 is 1.00 bits per heavy atom. The molecule has 0 radical (unpaired) electrons. The van der Waals surface area contributed by atoms with Crippen molar-refractivity contribution in [2.75, 3.05) is 29.1 Å². The fourth-order valence-electron chi connectivity index (χ4n) is 1.80. The number of halogens is 2. The van der Waals surface area contributed by atoms with Gasteiger partial charge in [0.25, 0.3) is 0 Å². The molecular weight excluding hydrogens is 332 g/mol. The van der Waals surface area contributed by atoms with Crippen molar-refractivity contribution < 1.29 is 13.5 Å². The van der Waals surface area contributed by atoms with Crippen molar-refractivity contribution in [3.05, 3.63) is 29.8 Å².